The number of carbonyl (C=O) groups is 21. The van der Waals surface area contributed by atoms with Crippen molar-refractivity contribution >= 4 is 130 Å². The van der Waals surface area contributed by atoms with Crippen LogP contribution in [0.2, 0.25) is 0 Å². The summed E-state index contributed by atoms with van der Waals surface area (Å²) < 4.78 is 0. The highest BCUT2D eigenvalue weighted by Gasteiger charge is 2.39. The molecular weight excluding hydrogens is 1580 g/mol. The molecule has 0 unspecified atom stereocenters. The topological polar surface area (TPSA) is 831 Å². The number of carbonyl (C=O) groups excluding carboxylic acids is 15. The van der Waals surface area contributed by atoms with E-state index < -0.39 is 311 Å². The third kappa shape index (κ3) is 43.7. The number of unbranched alkanes of at least 4 members (excludes halogenated alkanes) is 1. The highest BCUT2D eigenvalue weighted by molar-refractivity contribution is 6.01. The van der Waals surface area contributed by atoms with Crippen LogP contribution in [0.5, 0.6) is 0 Å². The number of rotatable bonds is 62. The van der Waals surface area contributed by atoms with E-state index in [2.05, 4.69) is 74.1 Å². The Balaban J connectivity index is 7.01. The molecule has 0 aliphatic heterocycles. The van der Waals surface area contributed by atoms with Crippen LogP contribution < -0.4 is 103 Å². The zero-order valence-corrected chi connectivity index (χ0v) is 67.3. The number of primary amides is 1. The molecular formula is C70H118N20O29. The van der Waals surface area contributed by atoms with Gasteiger partial charge < -0.3 is 144 Å². The summed E-state index contributed by atoms with van der Waals surface area (Å²) >= 11 is 0. The summed E-state index contributed by atoms with van der Waals surface area (Å²) in [6.07, 6.45) is -7.54. The van der Waals surface area contributed by atoms with Crippen LogP contribution in [0.4, 0.5) is 0 Å². The van der Waals surface area contributed by atoms with Crippen LogP contribution in [-0.4, -0.2) is 289 Å². The third-order valence-electron chi connectivity index (χ3n) is 18.1. The number of aliphatic carboxylic acids is 6. The van der Waals surface area contributed by atoms with Gasteiger partial charge in [-0.15, -0.1) is 0 Å². The first-order valence-electron chi connectivity index (χ1n) is 38.2. The van der Waals surface area contributed by atoms with Gasteiger partial charge in [0.1, 0.15) is 78.5 Å². The monoisotopic (exact) mass is 1700 g/mol. The van der Waals surface area contributed by atoms with E-state index >= 15 is 0 Å². The van der Waals surface area contributed by atoms with Gasteiger partial charge in [0, 0.05) is 38.6 Å². The van der Waals surface area contributed by atoms with Crippen molar-refractivity contribution in [2.75, 3.05) is 32.8 Å². The first-order valence-corrected chi connectivity index (χ1v) is 38.2. The smallest absolute Gasteiger partial charge is 0.328 e. The summed E-state index contributed by atoms with van der Waals surface area (Å²) in [6, 6.07) is -24.1. The lowest BCUT2D eigenvalue weighted by molar-refractivity contribution is -0.145. The van der Waals surface area contributed by atoms with Gasteiger partial charge in [-0.1, -0.05) is 54.4 Å². The SMILES string of the molecule is CC[C@H](C)[C@H](NC(=O)[C@H](CCC(N)=O)NC(=O)CNC(=O)[C@H](CO)NC(=O)[C@H](CC(C)C)NC(=O)[C@H](CCC(=O)O)NC(=O)[C@H](CCC(=O)O)NC(=O)[C@H](C)NC(=O)[C@H](CCCN=C(N)N)NC(=O)[C@H](CCCCN)NC(=O)[C@H](CCC(=O)O)NC(=O)[C@@H](NC(=O)[C@@H](N)CCC(=O)O)[C@@H](C)CC)C(=O)N[C@@H](CC(=O)O)C(=O)N[C@@H](CO)C(=O)O. The highest BCUT2D eigenvalue weighted by atomic mass is 16.4. The molecule has 119 heavy (non-hydrogen) atoms. The molecule has 0 rings (SSSR count). The van der Waals surface area contributed by atoms with Gasteiger partial charge in [0.05, 0.1) is 32.2 Å². The second-order valence-corrected chi connectivity index (χ2v) is 28.4. The minimum atomic E-state index is -1.97. The summed E-state index contributed by atoms with van der Waals surface area (Å²) in [5, 5.41) is 108. The number of nitrogens with zero attached hydrogens (tertiary/aromatic N) is 1. The molecule has 0 fully saturated rings. The predicted molar refractivity (Wildman–Crippen MR) is 413 cm³/mol. The molecule has 49 heteroatoms. The number of hydrogen-bond acceptors (Lipinski definition) is 26. The fourth-order valence-corrected chi connectivity index (χ4v) is 10.9. The van der Waals surface area contributed by atoms with Crippen LogP contribution in [0.1, 0.15) is 170 Å². The van der Waals surface area contributed by atoms with Crippen molar-refractivity contribution in [1.29, 1.82) is 0 Å². The quantitative estimate of drug-likeness (QED) is 0.0153. The number of aliphatic hydroxyl groups is 2. The molecule has 0 aromatic heterocycles. The lowest BCUT2D eigenvalue weighted by atomic mass is 9.96. The maximum Gasteiger partial charge on any atom is 0.328 e. The van der Waals surface area contributed by atoms with Crippen molar-refractivity contribution in [3.8, 4) is 0 Å². The maximum atomic E-state index is 14.4. The first-order chi connectivity index (χ1) is 55.7. The summed E-state index contributed by atoms with van der Waals surface area (Å²) in [5.41, 5.74) is 27.9. The minimum absolute atomic E-state index is 0.0550. The number of guanidine groups is 1. The van der Waals surface area contributed by atoms with Crippen molar-refractivity contribution < 1.29 is 142 Å². The minimum Gasteiger partial charge on any atom is -0.481 e. The average molecular weight is 1700 g/mol. The molecule has 0 aromatic carbocycles. The fourth-order valence-electron chi connectivity index (χ4n) is 10.9. The molecule has 0 aromatic rings. The predicted octanol–water partition coefficient (Wildman–Crippen LogP) is -9.66. The van der Waals surface area contributed by atoms with E-state index in [1.54, 1.807) is 34.6 Å². The lowest BCUT2D eigenvalue weighted by Crippen LogP contribution is -2.61. The molecule has 0 saturated carbocycles. The Morgan fingerprint density at radius 1 is 0.353 bits per heavy atom. The zero-order valence-electron chi connectivity index (χ0n) is 67.3. The van der Waals surface area contributed by atoms with Crippen LogP contribution in [0, 0.1) is 17.8 Å². The van der Waals surface area contributed by atoms with E-state index in [-0.39, 0.29) is 76.8 Å². The molecule has 49 nitrogen and oxygen atoms in total. The van der Waals surface area contributed by atoms with Crippen LogP contribution in [0.25, 0.3) is 0 Å². The summed E-state index contributed by atoms with van der Waals surface area (Å²) in [5.74, 6) is -28.7. The summed E-state index contributed by atoms with van der Waals surface area (Å²) in [7, 11) is 0. The second kappa shape index (κ2) is 56.3. The van der Waals surface area contributed by atoms with Gasteiger partial charge in [0.15, 0.2) is 5.96 Å². The number of aliphatic imine (C=N–C) groups is 1. The van der Waals surface area contributed by atoms with Crippen LogP contribution in [0.3, 0.4) is 0 Å². The van der Waals surface area contributed by atoms with Crippen molar-refractivity contribution in [2.24, 2.45) is 51.4 Å². The molecule has 16 atom stereocenters. The van der Waals surface area contributed by atoms with E-state index in [9.17, 15) is 136 Å². The largest absolute Gasteiger partial charge is 0.481 e. The van der Waals surface area contributed by atoms with Crippen molar-refractivity contribution in [1.82, 2.24) is 74.4 Å². The van der Waals surface area contributed by atoms with Crippen LogP contribution >= 0.6 is 0 Å². The average Bonchev–Trinajstić information content (AvgIpc) is 0.860. The lowest BCUT2D eigenvalue weighted by Gasteiger charge is -2.29. The summed E-state index contributed by atoms with van der Waals surface area (Å²) in [6.45, 7) is 7.05. The van der Waals surface area contributed by atoms with Crippen molar-refractivity contribution in [2.45, 2.75) is 255 Å². The van der Waals surface area contributed by atoms with Crippen molar-refractivity contribution in [3.63, 3.8) is 0 Å². The number of aliphatic hydroxyl groups excluding tert-OH is 2. The number of hydrogen-bond donors (Lipinski definition) is 27. The first kappa shape index (κ1) is 107. The molecule has 0 saturated heterocycles. The third-order valence-corrected chi connectivity index (χ3v) is 18.1. The van der Waals surface area contributed by atoms with Gasteiger partial charge >= 0.3 is 35.8 Å². The second-order valence-electron chi connectivity index (χ2n) is 28.4. The van der Waals surface area contributed by atoms with Gasteiger partial charge in [-0.05, 0) is 102 Å². The number of carboxylic acid groups (broad SMARTS) is 6. The molecule has 32 N–H and O–H groups in total. The zero-order chi connectivity index (χ0) is 91.1. The summed E-state index contributed by atoms with van der Waals surface area (Å²) in [4.78, 5) is 279. The van der Waals surface area contributed by atoms with Gasteiger partial charge in [-0.25, -0.2) is 4.79 Å². The number of carboxylic acids is 6. The number of nitrogens with one attached hydrogen (secondary N) is 14. The van der Waals surface area contributed by atoms with Gasteiger partial charge in [0.25, 0.3) is 0 Å². The van der Waals surface area contributed by atoms with Gasteiger partial charge in [-0.2, -0.15) is 0 Å². The molecule has 672 valence electrons. The maximum absolute atomic E-state index is 14.4. The van der Waals surface area contributed by atoms with Crippen LogP contribution in [0.15, 0.2) is 4.99 Å². The molecule has 15 amide bonds. The molecule has 0 aliphatic rings. The Labute approximate surface area is 683 Å². The molecule has 0 heterocycles. The Kier molecular flexibility index (Phi) is 50.7. The highest BCUT2D eigenvalue weighted by Crippen LogP contribution is 2.16. The number of amides is 15. The van der Waals surface area contributed by atoms with Gasteiger partial charge in [0.2, 0.25) is 88.6 Å². The standard InChI is InChI=1S/C70H118N20O29/c1-8-33(5)54(89-57(106)36(72)15-21-49(95)96)67(116)84-42(19-24-52(101)102)62(111)81-37(13-10-11-25-71)60(109)82-38(14-12-26-76-70(74)75)59(108)78-35(7)56(105)80-40(17-22-50(97)98)61(110)83-41(18-23-51(99)100)63(112)85-43(27-32(3)4)65(114)87-45(30-91)58(107)77-29-48(94)79-39(16-20-47(73)93)64(113)90-55(34(6)9-2)68(117)86-44(28-53(103)104)66(115)88-46(31-92)69(118)119/h32-46,54-55,91-92H,8-31,71-72H2,1-7H3,(H2,73,93)(H,77,107)(H,78,108)(H,79,94)(H,80,105)(H,81,111)(H,82,109)(H,83,110)(H,84,116)(H,85,112)(H,86,117)(H,87,114)(H,88,115)(H,89,106)(H,90,113)(H,95,96)(H,97,98)(H,99,100)(H,101,102)(H,103,104)(H,118,119)(H4,74,75,76)/t33-,34-,35-,36-,37-,38-,39-,40-,41-,42-,43-,44-,45-,46-,54-,55-/m0/s1. The molecule has 0 radical (unpaired) electrons. The molecule has 0 bridgehead atoms. The van der Waals surface area contributed by atoms with E-state index in [4.69, 9.17) is 33.8 Å². The Hall–Kier alpha value is -12.0. The molecule has 0 spiro atoms. The number of nitrogens with two attached hydrogens (primary N) is 5. The van der Waals surface area contributed by atoms with E-state index in [0.717, 1.165) is 6.92 Å². The fraction of sp³-hybridized carbons (Fsp3) is 0.686. The normalized spacial score (nSPS) is 15.0. The molecule has 0 aliphatic carbocycles. The van der Waals surface area contributed by atoms with Crippen LogP contribution in [-0.2, 0) is 101 Å². The Morgan fingerprint density at radius 2 is 0.706 bits per heavy atom. The van der Waals surface area contributed by atoms with E-state index in [1.807, 2.05) is 5.32 Å². The van der Waals surface area contributed by atoms with Gasteiger partial charge in [-0.3, -0.25) is 101 Å². The van der Waals surface area contributed by atoms with E-state index in [1.165, 1.54) is 6.92 Å². The Morgan fingerprint density at radius 3 is 1.12 bits per heavy atom. The Bertz CT molecular complexity index is 3550. The van der Waals surface area contributed by atoms with Crippen molar-refractivity contribution in [3.05, 3.63) is 0 Å². The van der Waals surface area contributed by atoms with E-state index in [0.29, 0.717) is 0 Å².